The predicted molar refractivity (Wildman–Crippen MR) is 107 cm³/mol. The van der Waals surface area contributed by atoms with Gasteiger partial charge in [0.1, 0.15) is 17.3 Å². The number of fused-ring (bicyclic) bond motifs is 1. The van der Waals surface area contributed by atoms with Crippen molar-refractivity contribution >= 4 is 58.2 Å². The maximum absolute atomic E-state index is 9.73. The van der Waals surface area contributed by atoms with Gasteiger partial charge in [-0.05, 0) is 24.5 Å². The van der Waals surface area contributed by atoms with Crippen LogP contribution in [0.4, 0.5) is 5.82 Å². The number of thioether (sulfide) groups is 1. The minimum Gasteiger partial charge on any atom is -0.394 e. The van der Waals surface area contributed by atoms with Gasteiger partial charge in [0.15, 0.2) is 0 Å². The van der Waals surface area contributed by atoms with Crippen LogP contribution in [0.5, 0.6) is 0 Å². The number of rotatable bonds is 7. The topological polar surface area (TPSA) is 88.2 Å². The number of halogens is 3. The molecular formula is C15H15Cl3N6OS. The summed E-state index contributed by atoms with van der Waals surface area (Å²) in [6, 6.07) is 1.37. The highest BCUT2D eigenvalue weighted by Crippen LogP contribution is 2.37. The van der Waals surface area contributed by atoms with Gasteiger partial charge in [0.2, 0.25) is 0 Å². The number of aliphatic hydroxyl groups is 1. The molecule has 0 saturated heterocycles. The summed E-state index contributed by atoms with van der Waals surface area (Å²) in [5, 5.41) is 18.1. The molecule has 0 bridgehead atoms. The molecule has 0 aliphatic rings. The number of nitrogens with zero attached hydrogens (tertiary/aromatic N) is 5. The molecule has 1 unspecified atom stereocenters. The molecule has 11 heteroatoms. The molecule has 0 amide bonds. The summed E-state index contributed by atoms with van der Waals surface area (Å²) in [5.74, 6) is 1.72. The number of hydrogen-bond acceptors (Lipinski definition) is 7. The molecule has 3 aromatic heterocycles. The van der Waals surface area contributed by atoms with Crippen molar-refractivity contribution < 1.29 is 5.11 Å². The van der Waals surface area contributed by atoms with Crippen LogP contribution in [0.15, 0.2) is 18.6 Å². The molecule has 0 saturated carbocycles. The average molecular weight is 434 g/mol. The van der Waals surface area contributed by atoms with Gasteiger partial charge < -0.3 is 10.4 Å². The molecule has 138 valence electrons. The molecule has 26 heavy (non-hydrogen) atoms. The Hall–Kier alpha value is -1.32. The highest BCUT2D eigenvalue weighted by molar-refractivity contribution is 7.98. The summed E-state index contributed by atoms with van der Waals surface area (Å²) in [6.07, 6.45) is 5.61. The molecule has 0 radical (unpaired) electrons. The maximum Gasteiger partial charge on any atom is 0.255 e. The third-order valence-corrected chi connectivity index (χ3v) is 5.07. The zero-order valence-corrected chi connectivity index (χ0v) is 16.7. The van der Waals surface area contributed by atoms with Crippen LogP contribution in [-0.4, -0.2) is 54.3 Å². The van der Waals surface area contributed by atoms with Crippen molar-refractivity contribution in [3.05, 3.63) is 33.8 Å². The van der Waals surface area contributed by atoms with Gasteiger partial charge in [-0.15, -0.1) is 0 Å². The summed E-state index contributed by atoms with van der Waals surface area (Å²) in [7, 11) is 0. The van der Waals surface area contributed by atoms with E-state index >= 15 is 0 Å². The summed E-state index contributed by atoms with van der Waals surface area (Å²) in [4.78, 5) is 12.6. The fraction of sp³-hybridized carbons (Fsp3) is 0.333. The highest BCUT2D eigenvalue weighted by atomic mass is 35.5. The number of aliphatic hydroxyl groups excluding tert-OH is 1. The van der Waals surface area contributed by atoms with Crippen LogP contribution in [0.2, 0.25) is 15.2 Å². The van der Waals surface area contributed by atoms with E-state index in [1.165, 1.54) is 17.0 Å². The molecule has 7 nitrogen and oxygen atoms in total. The lowest BCUT2D eigenvalue weighted by Crippen LogP contribution is -2.26. The van der Waals surface area contributed by atoms with Crippen LogP contribution < -0.4 is 5.32 Å². The van der Waals surface area contributed by atoms with E-state index in [1.54, 1.807) is 17.8 Å². The second-order valence-corrected chi connectivity index (χ2v) is 7.57. The zero-order chi connectivity index (χ0) is 18.7. The molecule has 2 N–H and O–H groups in total. The Morgan fingerprint density at radius 2 is 2.12 bits per heavy atom. The Bertz CT molecular complexity index is 922. The average Bonchev–Trinajstić information content (AvgIpc) is 3.07. The van der Waals surface area contributed by atoms with Crippen molar-refractivity contribution in [3.8, 4) is 11.3 Å². The normalized spacial score (nSPS) is 12.5. The highest BCUT2D eigenvalue weighted by Gasteiger charge is 2.22. The van der Waals surface area contributed by atoms with Crippen LogP contribution in [-0.2, 0) is 0 Å². The van der Waals surface area contributed by atoms with Gasteiger partial charge >= 0.3 is 0 Å². The summed E-state index contributed by atoms with van der Waals surface area (Å²) in [6.45, 7) is -0.0576. The van der Waals surface area contributed by atoms with E-state index in [0.717, 1.165) is 12.2 Å². The first-order valence-electron chi connectivity index (χ1n) is 7.62. The quantitative estimate of drug-likeness (QED) is 0.549. The van der Waals surface area contributed by atoms with Crippen molar-refractivity contribution in [1.82, 2.24) is 24.6 Å². The van der Waals surface area contributed by atoms with Crippen molar-refractivity contribution in [2.24, 2.45) is 0 Å². The standard InChI is InChI=1S/C15H15Cl3N6OS/c1-26-3-2-9(6-25)22-14-11(12-10(17)4-8(16)5-19-12)13(18)23-15-20-7-21-24(14)15/h4-5,7,9,22,25H,2-3,6H2,1H3. The van der Waals surface area contributed by atoms with E-state index < -0.39 is 0 Å². The minimum atomic E-state index is -0.210. The van der Waals surface area contributed by atoms with Gasteiger partial charge in [-0.25, -0.2) is 0 Å². The van der Waals surface area contributed by atoms with E-state index in [0.29, 0.717) is 32.9 Å². The fourth-order valence-corrected chi connectivity index (χ4v) is 3.67. The first-order valence-corrected chi connectivity index (χ1v) is 10.1. The predicted octanol–water partition coefficient (Wildman–Crippen LogP) is 3.67. The van der Waals surface area contributed by atoms with Crippen molar-refractivity contribution in [1.29, 1.82) is 0 Å². The molecule has 1 atom stereocenters. The lowest BCUT2D eigenvalue weighted by atomic mass is 10.1. The van der Waals surface area contributed by atoms with Crippen LogP contribution in [0.25, 0.3) is 17.0 Å². The monoisotopic (exact) mass is 432 g/mol. The van der Waals surface area contributed by atoms with Crippen molar-refractivity contribution in [2.45, 2.75) is 12.5 Å². The lowest BCUT2D eigenvalue weighted by molar-refractivity contribution is 0.272. The van der Waals surface area contributed by atoms with Crippen LogP contribution in [0.3, 0.4) is 0 Å². The third-order valence-electron chi connectivity index (χ3n) is 3.66. The maximum atomic E-state index is 9.73. The van der Waals surface area contributed by atoms with Gasteiger partial charge in [-0.2, -0.15) is 31.3 Å². The molecule has 3 rings (SSSR count). The first-order chi connectivity index (χ1) is 12.5. The number of hydrogen-bond donors (Lipinski definition) is 2. The van der Waals surface area contributed by atoms with Crippen molar-refractivity contribution in [3.63, 3.8) is 0 Å². The van der Waals surface area contributed by atoms with Crippen LogP contribution in [0.1, 0.15) is 6.42 Å². The second kappa shape index (κ2) is 8.58. The van der Waals surface area contributed by atoms with Gasteiger partial charge in [0.05, 0.1) is 34.0 Å². The van der Waals surface area contributed by atoms with E-state index in [2.05, 4.69) is 25.4 Å². The Labute approximate surface area is 169 Å². The Morgan fingerprint density at radius 1 is 1.31 bits per heavy atom. The van der Waals surface area contributed by atoms with Gasteiger partial charge in [-0.1, -0.05) is 34.8 Å². The molecule has 0 fully saturated rings. The Balaban J connectivity index is 2.16. The third kappa shape index (κ3) is 3.99. The fourth-order valence-electron chi connectivity index (χ4n) is 2.42. The first kappa shape index (κ1) is 19.4. The molecular weight excluding hydrogens is 419 g/mol. The SMILES string of the molecule is CSCCC(CO)Nc1c(-c2ncc(Cl)cc2Cl)c(Cl)nc2ncnn12. The molecule has 0 spiro atoms. The summed E-state index contributed by atoms with van der Waals surface area (Å²) >= 11 is 20.4. The summed E-state index contributed by atoms with van der Waals surface area (Å²) in [5.41, 5.74) is 0.879. The van der Waals surface area contributed by atoms with E-state index in [1.807, 2.05) is 6.26 Å². The van der Waals surface area contributed by atoms with E-state index in [4.69, 9.17) is 34.8 Å². The largest absolute Gasteiger partial charge is 0.394 e. The Kier molecular flexibility index (Phi) is 6.42. The smallest absolute Gasteiger partial charge is 0.255 e. The zero-order valence-electron chi connectivity index (χ0n) is 13.7. The Morgan fingerprint density at radius 3 is 2.81 bits per heavy atom. The minimum absolute atomic E-state index is 0.0576. The number of aromatic nitrogens is 5. The van der Waals surface area contributed by atoms with E-state index in [-0.39, 0.29) is 17.8 Å². The number of pyridine rings is 1. The molecule has 0 aromatic carbocycles. The number of nitrogens with one attached hydrogen (secondary N) is 1. The van der Waals surface area contributed by atoms with Crippen molar-refractivity contribution in [2.75, 3.05) is 23.9 Å². The molecule has 3 aromatic rings. The van der Waals surface area contributed by atoms with Gasteiger partial charge in [0, 0.05) is 6.20 Å². The summed E-state index contributed by atoms with van der Waals surface area (Å²) < 4.78 is 1.51. The molecule has 0 aliphatic carbocycles. The van der Waals surface area contributed by atoms with Gasteiger partial charge in [-0.3, -0.25) is 4.98 Å². The van der Waals surface area contributed by atoms with E-state index in [9.17, 15) is 5.11 Å². The molecule has 0 aliphatic heterocycles. The second-order valence-electron chi connectivity index (χ2n) is 5.39. The van der Waals surface area contributed by atoms with Crippen LogP contribution >= 0.6 is 46.6 Å². The van der Waals surface area contributed by atoms with Gasteiger partial charge in [0.25, 0.3) is 5.78 Å². The molecule has 3 heterocycles. The number of anilines is 1. The van der Waals surface area contributed by atoms with Crippen LogP contribution in [0, 0.1) is 0 Å². The lowest BCUT2D eigenvalue weighted by Gasteiger charge is -2.20.